The zero-order chi connectivity index (χ0) is 14.9. The molecule has 0 radical (unpaired) electrons. The molecule has 0 heterocycles. The topological polar surface area (TPSA) is 9.23 Å². The second kappa shape index (κ2) is 5.83. The molecule has 0 aliphatic carbocycles. The maximum absolute atomic E-state index is 13.7. The average molecular weight is 349 g/mol. The third kappa shape index (κ3) is 2.80. The Balaban J connectivity index is 2.46. The van der Waals surface area contributed by atoms with Gasteiger partial charge in [0, 0.05) is 17.7 Å². The Morgan fingerprint density at radius 2 is 1.55 bits per heavy atom. The quantitative estimate of drug-likeness (QED) is 0.575. The minimum Gasteiger partial charge on any atom is -0.494 e. The molecule has 106 valence electrons. The minimum absolute atomic E-state index is 0.0218. The summed E-state index contributed by atoms with van der Waals surface area (Å²) in [5.41, 5.74) is -0.0938. The van der Waals surface area contributed by atoms with Crippen LogP contribution in [-0.2, 0) is 0 Å². The summed E-state index contributed by atoms with van der Waals surface area (Å²) >= 11 is 3.09. The van der Waals surface area contributed by atoms with Gasteiger partial charge < -0.3 is 4.74 Å². The van der Waals surface area contributed by atoms with E-state index in [0.717, 1.165) is 6.07 Å². The van der Waals surface area contributed by atoms with Crippen molar-refractivity contribution in [3.05, 3.63) is 64.7 Å². The van der Waals surface area contributed by atoms with Crippen LogP contribution in [0.15, 0.2) is 30.3 Å². The fourth-order valence-electron chi connectivity index (χ4n) is 1.80. The molecule has 0 bridgehead atoms. The van der Waals surface area contributed by atoms with E-state index in [1.54, 1.807) is 0 Å². The van der Waals surface area contributed by atoms with Crippen LogP contribution in [0, 0.1) is 23.3 Å². The zero-order valence-electron chi connectivity index (χ0n) is 10.3. The normalized spacial score (nSPS) is 12.3. The lowest BCUT2D eigenvalue weighted by Crippen LogP contribution is -2.02. The molecule has 2 rings (SSSR count). The van der Waals surface area contributed by atoms with E-state index in [4.69, 9.17) is 4.74 Å². The molecule has 2 aromatic carbocycles. The highest BCUT2D eigenvalue weighted by Crippen LogP contribution is 2.36. The SMILES string of the molecule is COc1ccc(C(Br)c2c(F)cc(F)cc2F)cc1F. The Morgan fingerprint density at radius 3 is 2.05 bits per heavy atom. The molecule has 0 saturated heterocycles. The Bertz CT molecular complexity index is 622. The summed E-state index contributed by atoms with van der Waals surface area (Å²) < 4.78 is 58.6. The van der Waals surface area contributed by atoms with Crippen LogP contribution < -0.4 is 4.74 Å². The lowest BCUT2D eigenvalue weighted by molar-refractivity contribution is 0.386. The minimum atomic E-state index is -1.04. The molecule has 0 spiro atoms. The maximum Gasteiger partial charge on any atom is 0.165 e. The molecule has 6 heteroatoms. The summed E-state index contributed by atoms with van der Waals surface area (Å²) in [6, 6.07) is 5.06. The number of hydrogen-bond donors (Lipinski definition) is 0. The monoisotopic (exact) mass is 348 g/mol. The predicted octanol–water partition coefficient (Wildman–Crippen LogP) is 4.74. The summed E-state index contributed by atoms with van der Waals surface area (Å²) in [6.07, 6.45) is 0. The first-order valence-corrected chi connectivity index (χ1v) is 6.47. The average Bonchev–Trinajstić information content (AvgIpc) is 2.37. The molecule has 0 aromatic heterocycles. The molecule has 0 amide bonds. The number of alkyl halides is 1. The van der Waals surface area contributed by atoms with Gasteiger partial charge in [0.1, 0.15) is 17.5 Å². The number of benzene rings is 2. The molecule has 0 aliphatic rings. The standard InChI is InChI=1S/C14H9BrF4O/c1-20-12-3-2-7(4-9(12)17)14(15)13-10(18)5-8(16)6-11(13)19/h2-6,14H,1H3. The molecule has 2 aromatic rings. The molecule has 0 aliphatic heterocycles. The third-order valence-electron chi connectivity index (χ3n) is 2.77. The van der Waals surface area contributed by atoms with Crippen molar-refractivity contribution in [2.24, 2.45) is 0 Å². The molecule has 0 fully saturated rings. The van der Waals surface area contributed by atoms with Crippen LogP contribution in [0.2, 0.25) is 0 Å². The molecule has 20 heavy (non-hydrogen) atoms. The van der Waals surface area contributed by atoms with E-state index < -0.39 is 28.1 Å². The van der Waals surface area contributed by atoms with Crippen LogP contribution in [0.5, 0.6) is 5.75 Å². The van der Waals surface area contributed by atoms with Crippen LogP contribution in [0.3, 0.4) is 0 Å². The number of halogens is 5. The van der Waals surface area contributed by atoms with Crippen molar-refractivity contribution in [2.45, 2.75) is 4.83 Å². The van der Waals surface area contributed by atoms with Gasteiger partial charge in [-0.3, -0.25) is 0 Å². The van der Waals surface area contributed by atoms with E-state index >= 15 is 0 Å². The van der Waals surface area contributed by atoms with Gasteiger partial charge in [0.15, 0.2) is 11.6 Å². The van der Waals surface area contributed by atoms with Gasteiger partial charge in [0.25, 0.3) is 0 Å². The van der Waals surface area contributed by atoms with E-state index in [0.29, 0.717) is 12.1 Å². The summed E-state index contributed by atoms with van der Waals surface area (Å²) in [5, 5.41) is 0. The summed E-state index contributed by atoms with van der Waals surface area (Å²) in [6.45, 7) is 0. The van der Waals surface area contributed by atoms with Crippen molar-refractivity contribution in [1.82, 2.24) is 0 Å². The van der Waals surface area contributed by atoms with Gasteiger partial charge in [0.05, 0.1) is 11.9 Å². The van der Waals surface area contributed by atoms with Gasteiger partial charge in [-0.25, -0.2) is 17.6 Å². The molecule has 1 atom stereocenters. The van der Waals surface area contributed by atoms with Crippen molar-refractivity contribution in [2.75, 3.05) is 7.11 Å². The third-order valence-corrected chi connectivity index (χ3v) is 3.75. The van der Waals surface area contributed by atoms with Gasteiger partial charge >= 0.3 is 0 Å². The van der Waals surface area contributed by atoms with E-state index in [1.807, 2.05) is 0 Å². The van der Waals surface area contributed by atoms with E-state index in [9.17, 15) is 17.6 Å². The summed E-state index contributed by atoms with van der Waals surface area (Å²) in [4.78, 5) is -0.941. The first kappa shape index (κ1) is 14.8. The van der Waals surface area contributed by atoms with E-state index in [2.05, 4.69) is 15.9 Å². The highest BCUT2D eigenvalue weighted by molar-refractivity contribution is 9.09. The van der Waals surface area contributed by atoms with Gasteiger partial charge in [-0.1, -0.05) is 22.0 Å². The number of ether oxygens (including phenoxy) is 1. The lowest BCUT2D eigenvalue weighted by Gasteiger charge is -2.14. The van der Waals surface area contributed by atoms with Crippen LogP contribution in [-0.4, -0.2) is 7.11 Å². The van der Waals surface area contributed by atoms with Crippen molar-refractivity contribution in [3.8, 4) is 5.75 Å². The van der Waals surface area contributed by atoms with Crippen LogP contribution in [0.25, 0.3) is 0 Å². The number of hydrogen-bond acceptors (Lipinski definition) is 1. The molecular weight excluding hydrogens is 340 g/mol. The van der Waals surface area contributed by atoms with E-state index in [-0.39, 0.29) is 16.9 Å². The Labute approximate surface area is 121 Å². The molecular formula is C14H9BrF4O. The van der Waals surface area contributed by atoms with Gasteiger partial charge in [-0.2, -0.15) is 0 Å². The maximum atomic E-state index is 13.7. The Kier molecular flexibility index (Phi) is 4.32. The fraction of sp³-hybridized carbons (Fsp3) is 0.143. The first-order chi connectivity index (χ1) is 9.43. The second-order valence-electron chi connectivity index (χ2n) is 4.04. The highest BCUT2D eigenvalue weighted by atomic mass is 79.9. The number of methoxy groups -OCH3 is 1. The van der Waals surface area contributed by atoms with Gasteiger partial charge in [-0.15, -0.1) is 0 Å². The fourth-order valence-corrected chi connectivity index (χ4v) is 2.52. The van der Waals surface area contributed by atoms with Crippen LogP contribution >= 0.6 is 15.9 Å². The van der Waals surface area contributed by atoms with Gasteiger partial charge in [0.2, 0.25) is 0 Å². The lowest BCUT2D eigenvalue weighted by atomic mass is 10.0. The molecule has 1 nitrogen and oxygen atoms in total. The molecule has 1 unspecified atom stereocenters. The largest absolute Gasteiger partial charge is 0.494 e. The van der Waals surface area contributed by atoms with Gasteiger partial charge in [-0.05, 0) is 17.7 Å². The summed E-state index contributed by atoms with van der Waals surface area (Å²) in [7, 11) is 1.31. The van der Waals surface area contributed by atoms with Crippen molar-refractivity contribution >= 4 is 15.9 Å². The number of rotatable bonds is 3. The first-order valence-electron chi connectivity index (χ1n) is 5.56. The highest BCUT2D eigenvalue weighted by Gasteiger charge is 2.21. The van der Waals surface area contributed by atoms with Crippen molar-refractivity contribution in [1.29, 1.82) is 0 Å². The smallest absolute Gasteiger partial charge is 0.165 e. The Morgan fingerprint density at radius 1 is 0.950 bits per heavy atom. The summed E-state index contributed by atoms with van der Waals surface area (Å²) in [5.74, 6) is -3.73. The second-order valence-corrected chi connectivity index (χ2v) is 4.96. The van der Waals surface area contributed by atoms with Crippen LogP contribution in [0.4, 0.5) is 17.6 Å². The molecule has 0 saturated carbocycles. The Hall–Kier alpha value is -1.56. The van der Waals surface area contributed by atoms with E-state index in [1.165, 1.54) is 19.2 Å². The zero-order valence-corrected chi connectivity index (χ0v) is 11.8. The van der Waals surface area contributed by atoms with Crippen molar-refractivity contribution < 1.29 is 22.3 Å². The van der Waals surface area contributed by atoms with Crippen molar-refractivity contribution in [3.63, 3.8) is 0 Å². The van der Waals surface area contributed by atoms with Crippen LogP contribution in [0.1, 0.15) is 16.0 Å². The predicted molar refractivity (Wildman–Crippen MR) is 70.0 cm³/mol. The molecule has 0 N–H and O–H groups in total.